The molecule has 0 radical (unpaired) electrons. The number of halogens is 1. The van der Waals surface area contributed by atoms with Crippen LogP contribution in [0, 0.1) is 0 Å². The minimum Gasteiger partial charge on any atom is -0.507 e. The van der Waals surface area contributed by atoms with Crippen LogP contribution in [-0.2, 0) is 16.1 Å². The van der Waals surface area contributed by atoms with Crippen LogP contribution in [0.15, 0.2) is 72.4 Å². The lowest BCUT2D eigenvalue weighted by Crippen LogP contribution is -2.29. The number of rotatable bonds is 6. The van der Waals surface area contributed by atoms with Crippen molar-refractivity contribution in [1.82, 2.24) is 9.88 Å². The van der Waals surface area contributed by atoms with E-state index >= 15 is 0 Å². The molecule has 1 N–H and O–H groups in total. The Labute approximate surface area is 195 Å². The predicted molar refractivity (Wildman–Crippen MR) is 123 cm³/mol. The lowest BCUT2D eigenvalue weighted by Gasteiger charge is -2.24. The van der Waals surface area contributed by atoms with E-state index in [0.717, 1.165) is 5.56 Å². The van der Waals surface area contributed by atoms with Crippen LogP contribution in [0.4, 0.5) is 0 Å². The number of pyridine rings is 1. The monoisotopic (exact) mass is 464 g/mol. The zero-order valence-corrected chi connectivity index (χ0v) is 18.7. The maximum atomic E-state index is 13.2. The first-order chi connectivity index (χ1) is 15.9. The first-order valence-corrected chi connectivity index (χ1v) is 10.5. The van der Waals surface area contributed by atoms with E-state index in [2.05, 4.69) is 4.98 Å². The van der Waals surface area contributed by atoms with Gasteiger partial charge >= 0.3 is 0 Å². The predicted octanol–water partition coefficient (Wildman–Crippen LogP) is 4.37. The molecule has 4 rings (SSSR count). The Morgan fingerprint density at radius 2 is 1.82 bits per heavy atom. The summed E-state index contributed by atoms with van der Waals surface area (Å²) in [6.45, 7) is 0.138. The van der Waals surface area contributed by atoms with Gasteiger partial charge in [0.15, 0.2) is 0 Å². The molecule has 1 aromatic heterocycles. The second-order valence-corrected chi connectivity index (χ2v) is 7.81. The molecule has 2 heterocycles. The molecule has 2 aromatic carbocycles. The maximum absolute atomic E-state index is 13.2. The number of carbonyl (C=O) groups excluding carboxylic acids is 2. The third kappa shape index (κ3) is 4.27. The third-order valence-electron chi connectivity index (χ3n) is 5.44. The standard InChI is InChI=1S/C25H21ClN2O5/c1-32-17-9-6-15(7-10-17)14-28-22(19-5-3-4-12-27-19)21(24(30)25(28)31)23(29)18-13-16(26)8-11-20(18)33-2/h3-13,22,29H,14H2,1-2H3/b23-21+. The van der Waals surface area contributed by atoms with Gasteiger partial charge in [0, 0.05) is 17.8 Å². The Morgan fingerprint density at radius 1 is 1.06 bits per heavy atom. The van der Waals surface area contributed by atoms with E-state index < -0.39 is 17.7 Å². The van der Waals surface area contributed by atoms with Crippen molar-refractivity contribution in [3.05, 3.63) is 94.3 Å². The number of hydrogen-bond donors (Lipinski definition) is 1. The van der Waals surface area contributed by atoms with Gasteiger partial charge in [-0.1, -0.05) is 29.8 Å². The van der Waals surface area contributed by atoms with Crippen molar-refractivity contribution in [2.24, 2.45) is 0 Å². The van der Waals surface area contributed by atoms with Gasteiger partial charge in [0.1, 0.15) is 23.3 Å². The fraction of sp³-hybridized carbons (Fsp3) is 0.160. The summed E-state index contributed by atoms with van der Waals surface area (Å²) in [6, 6.07) is 16.2. The number of carbonyl (C=O) groups is 2. The topological polar surface area (TPSA) is 89.0 Å². The lowest BCUT2D eigenvalue weighted by molar-refractivity contribution is -0.140. The van der Waals surface area contributed by atoms with Gasteiger partial charge in [-0.05, 0) is 48.0 Å². The number of ketones is 1. The number of aliphatic hydroxyl groups is 1. The van der Waals surface area contributed by atoms with Gasteiger partial charge in [0.25, 0.3) is 11.7 Å². The second kappa shape index (κ2) is 9.34. The summed E-state index contributed by atoms with van der Waals surface area (Å²) in [5.41, 5.74) is 1.38. The molecule has 8 heteroatoms. The number of Topliss-reactive ketones (excluding diaryl/α,β-unsaturated/α-hetero) is 1. The van der Waals surface area contributed by atoms with Crippen LogP contribution in [0.2, 0.25) is 5.02 Å². The summed E-state index contributed by atoms with van der Waals surface area (Å²) >= 11 is 6.13. The SMILES string of the molecule is COc1ccc(CN2C(=O)C(=O)/C(=C(/O)c3cc(Cl)ccc3OC)C2c2ccccn2)cc1. The number of likely N-dealkylation sites (tertiary alicyclic amines) is 1. The van der Waals surface area contributed by atoms with Gasteiger partial charge in [-0.15, -0.1) is 0 Å². The third-order valence-corrected chi connectivity index (χ3v) is 5.67. The Morgan fingerprint density at radius 3 is 2.45 bits per heavy atom. The normalized spacial score (nSPS) is 17.3. The molecule has 1 aliphatic rings. The molecule has 0 aliphatic carbocycles. The molecule has 1 fully saturated rings. The summed E-state index contributed by atoms with van der Waals surface area (Å²) in [5, 5.41) is 11.6. The van der Waals surface area contributed by atoms with E-state index in [9.17, 15) is 14.7 Å². The highest BCUT2D eigenvalue weighted by atomic mass is 35.5. The molecular weight excluding hydrogens is 444 g/mol. The van der Waals surface area contributed by atoms with Crippen molar-refractivity contribution >= 4 is 29.1 Å². The van der Waals surface area contributed by atoms with Crippen LogP contribution in [0.1, 0.15) is 22.9 Å². The highest BCUT2D eigenvalue weighted by molar-refractivity contribution is 6.46. The molecule has 168 valence electrons. The largest absolute Gasteiger partial charge is 0.507 e. The van der Waals surface area contributed by atoms with Crippen LogP contribution in [0.5, 0.6) is 11.5 Å². The molecule has 1 amide bonds. The van der Waals surface area contributed by atoms with Gasteiger partial charge in [-0.3, -0.25) is 14.6 Å². The number of aromatic nitrogens is 1. The second-order valence-electron chi connectivity index (χ2n) is 7.37. The van der Waals surface area contributed by atoms with Crippen molar-refractivity contribution in [3.63, 3.8) is 0 Å². The van der Waals surface area contributed by atoms with Crippen molar-refractivity contribution in [1.29, 1.82) is 0 Å². The number of benzene rings is 2. The van der Waals surface area contributed by atoms with E-state index in [0.29, 0.717) is 22.2 Å². The highest BCUT2D eigenvalue weighted by Crippen LogP contribution is 2.41. The van der Waals surface area contributed by atoms with Crippen LogP contribution >= 0.6 is 11.6 Å². The van der Waals surface area contributed by atoms with Crippen LogP contribution in [-0.4, -0.2) is 40.9 Å². The molecule has 0 saturated carbocycles. The fourth-order valence-electron chi connectivity index (χ4n) is 3.83. The molecule has 1 saturated heterocycles. The molecule has 7 nitrogen and oxygen atoms in total. The summed E-state index contributed by atoms with van der Waals surface area (Å²) in [5.74, 6) is -0.920. The smallest absolute Gasteiger partial charge is 0.296 e. The Bertz CT molecular complexity index is 1230. The van der Waals surface area contributed by atoms with Crippen LogP contribution in [0.25, 0.3) is 5.76 Å². The van der Waals surface area contributed by atoms with E-state index in [1.54, 1.807) is 55.8 Å². The van der Waals surface area contributed by atoms with E-state index in [1.165, 1.54) is 18.1 Å². The molecule has 33 heavy (non-hydrogen) atoms. The number of aliphatic hydroxyl groups excluding tert-OH is 1. The first-order valence-electron chi connectivity index (χ1n) is 10.1. The van der Waals surface area contributed by atoms with E-state index in [1.807, 2.05) is 12.1 Å². The summed E-state index contributed by atoms with van der Waals surface area (Å²) in [7, 11) is 3.01. The lowest BCUT2D eigenvalue weighted by atomic mass is 9.97. The minimum atomic E-state index is -0.892. The Balaban J connectivity index is 1.86. The average Bonchev–Trinajstić information content (AvgIpc) is 3.09. The Hall–Kier alpha value is -3.84. The van der Waals surface area contributed by atoms with Gasteiger partial charge in [0.05, 0.1) is 31.1 Å². The number of nitrogens with zero attached hydrogens (tertiary/aromatic N) is 2. The van der Waals surface area contributed by atoms with Gasteiger partial charge in [-0.2, -0.15) is 0 Å². The van der Waals surface area contributed by atoms with Crippen molar-refractivity contribution < 1.29 is 24.2 Å². The summed E-state index contributed by atoms with van der Waals surface area (Å²) < 4.78 is 10.5. The summed E-state index contributed by atoms with van der Waals surface area (Å²) in [4.78, 5) is 32.0. The summed E-state index contributed by atoms with van der Waals surface area (Å²) in [6.07, 6.45) is 1.57. The van der Waals surface area contributed by atoms with Gasteiger partial charge < -0.3 is 19.5 Å². The molecule has 0 bridgehead atoms. The van der Waals surface area contributed by atoms with Gasteiger partial charge in [-0.25, -0.2) is 0 Å². The molecule has 3 aromatic rings. The molecule has 1 atom stereocenters. The number of methoxy groups -OCH3 is 2. The first kappa shape index (κ1) is 22.4. The maximum Gasteiger partial charge on any atom is 0.296 e. The van der Waals surface area contributed by atoms with Crippen LogP contribution in [0.3, 0.4) is 0 Å². The zero-order valence-electron chi connectivity index (χ0n) is 18.0. The van der Waals surface area contributed by atoms with Crippen LogP contribution < -0.4 is 9.47 Å². The molecule has 1 aliphatic heterocycles. The minimum absolute atomic E-state index is 0.0761. The quantitative estimate of drug-likeness (QED) is 0.331. The molecule has 0 spiro atoms. The van der Waals surface area contributed by atoms with Gasteiger partial charge in [0.2, 0.25) is 0 Å². The number of hydrogen-bond acceptors (Lipinski definition) is 6. The Kier molecular flexibility index (Phi) is 6.33. The number of ether oxygens (including phenoxy) is 2. The number of amides is 1. The van der Waals surface area contributed by atoms with E-state index in [4.69, 9.17) is 21.1 Å². The average molecular weight is 465 g/mol. The molecule has 1 unspecified atom stereocenters. The van der Waals surface area contributed by atoms with E-state index in [-0.39, 0.29) is 23.4 Å². The van der Waals surface area contributed by atoms with Crippen molar-refractivity contribution in [2.75, 3.05) is 14.2 Å². The zero-order chi connectivity index (χ0) is 23.5. The van der Waals surface area contributed by atoms with Crippen molar-refractivity contribution in [3.8, 4) is 11.5 Å². The highest BCUT2D eigenvalue weighted by Gasteiger charge is 2.47. The fourth-order valence-corrected chi connectivity index (χ4v) is 4.00. The molecular formula is C25H21ClN2O5. The van der Waals surface area contributed by atoms with Crippen molar-refractivity contribution in [2.45, 2.75) is 12.6 Å².